The fourth-order valence-corrected chi connectivity index (χ4v) is 4.29. The predicted octanol–water partition coefficient (Wildman–Crippen LogP) is 1.74. The van der Waals surface area contributed by atoms with E-state index in [4.69, 9.17) is 5.11 Å². The first-order valence-corrected chi connectivity index (χ1v) is 9.26. The maximum atomic E-state index is 12.4. The monoisotopic (exact) mass is 350 g/mol. The molecule has 1 saturated heterocycles. The number of amides is 2. The molecule has 130 valence electrons. The predicted molar refractivity (Wildman–Crippen MR) is 89.6 cm³/mol. The lowest BCUT2D eigenvalue weighted by molar-refractivity contribution is -0.146. The highest BCUT2D eigenvalue weighted by Gasteiger charge is 2.29. The van der Waals surface area contributed by atoms with Gasteiger partial charge in [-0.15, -0.1) is 11.3 Å². The first-order valence-electron chi connectivity index (χ1n) is 8.38. The van der Waals surface area contributed by atoms with Crippen molar-refractivity contribution in [2.45, 2.75) is 38.6 Å². The smallest absolute Gasteiger partial charge is 0.308 e. The third-order valence-corrected chi connectivity index (χ3v) is 5.86. The van der Waals surface area contributed by atoms with Crippen molar-refractivity contribution in [2.24, 2.45) is 5.92 Å². The van der Waals surface area contributed by atoms with Gasteiger partial charge in [-0.2, -0.15) is 0 Å². The van der Waals surface area contributed by atoms with E-state index in [0.29, 0.717) is 32.5 Å². The topological polar surface area (TPSA) is 77.9 Å². The second-order valence-corrected chi connectivity index (χ2v) is 7.45. The molecule has 1 aromatic rings. The minimum atomic E-state index is -0.844. The lowest BCUT2D eigenvalue weighted by Crippen LogP contribution is -2.43. The Bertz CT molecular complexity index is 642. The van der Waals surface area contributed by atoms with Crippen molar-refractivity contribution in [1.29, 1.82) is 0 Å². The maximum absolute atomic E-state index is 12.4. The number of carbonyl (C=O) groups is 3. The number of fused-ring (bicyclic) bond motifs is 1. The van der Waals surface area contributed by atoms with E-state index < -0.39 is 11.9 Å². The highest BCUT2D eigenvalue weighted by Crippen LogP contribution is 2.24. The van der Waals surface area contributed by atoms with Crippen LogP contribution in [0.4, 0.5) is 0 Å². The Kier molecular flexibility index (Phi) is 5.18. The van der Waals surface area contributed by atoms with Gasteiger partial charge in [-0.05, 0) is 36.3 Å². The van der Waals surface area contributed by atoms with Gasteiger partial charge in [-0.25, -0.2) is 0 Å². The van der Waals surface area contributed by atoms with Gasteiger partial charge in [0.1, 0.15) is 0 Å². The molecule has 0 radical (unpaired) electrons. The molecule has 0 aromatic carbocycles. The summed E-state index contributed by atoms with van der Waals surface area (Å²) < 4.78 is 0. The van der Waals surface area contributed by atoms with E-state index in [-0.39, 0.29) is 31.2 Å². The molecule has 1 aromatic heterocycles. The van der Waals surface area contributed by atoms with Crippen LogP contribution in [-0.2, 0) is 27.3 Å². The number of thiophene rings is 1. The van der Waals surface area contributed by atoms with Crippen LogP contribution in [0.15, 0.2) is 11.4 Å². The van der Waals surface area contributed by atoms with Crippen molar-refractivity contribution in [3.8, 4) is 0 Å². The second-order valence-electron chi connectivity index (χ2n) is 6.45. The summed E-state index contributed by atoms with van der Waals surface area (Å²) in [7, 11) is 0. The fraction of sp³-hybridized carbons (Fsp3) is 0.588. The van der Waals surface area contributed by atoms with Crippen LogP contribution in [0.5, 0.6) is 0 Å². The van der Waals surface area contributed by atoms with E-state index in [1.54, 1.807) is 16.2 Å². The number of carboxylic acids is 1. The Morgan fingerprint density at radius 1 is 1.17 bits per heavy atom. The number of piperidine rings is 1. The summed E-state index contributed by atoms with van der Waals surface area (Å²) in [6.45, 7) is 2.21. The van der Waals surface area contributed by atoms with Gasteiger partial charge in [-0.1, -0.05) is 0 Å². The largest absolute Gasteiger partial charge is 0.481 e. The van der Waals surface area contributed by atoms with Gasteiger partial charge in [0.05, 0.1) is 5.92 Å². The van der Waals surface area contributed by atoms with Crippen LogP contribution in [0.1, 0.15) is 36.1 Å². The van der Waals surface area contributed by atoms with E-state index in [2.05, 4.69) is 11.4 Å². The fourth-order valence-electron chi connectivity index (χ4n) is 3.40. The Balaban J connectivity index is 1.48. The van der Waals surface area contributed by atoms with E-state index in [1.165, 1.54) is 10.4 Å². The third kappa shape index (κ3) is 3.77. The number of likely N-dealkylation sites (tertiary alicyclic amines) is 1. The second kappa shape index (κ2) is 7.34. The molecule has 3 rings (SSSR count). The van der Waals surface area contributed by atoms with Crippen LogP contribution in [0.2, 0.25) is 0 Å². The average molecular weight is 350 g/mol. The molecule has 1 N–H and O–H groups in total. The molecule has 0 saturated carbocycles. The van der Waals surface area contributed by atoms with Crippen molar-refractivity contribution < 1.29 is 19.5 Å². The lowest BCUT2D eigenvalue weighted by atomic mass is 9.98. The van der Waals surface area contributed by atoms with Crippen molar-refractivity contribution in [3.63, 3.8) is 0 Å². The van der Waals surface area contributed by atoms with Crippen LogP contribution >= 0.6 is 11.3 Å². The molecular formula is C17H22N2O4S. The minimum Gasteiger partial charge on any atom is -0.481 e. The summed E-state index contributed by atoms with van der Waals surface area (Å²) in [4.78, 5) is 40.5. The molecule has 1 atom stereocenters. The quantitative estimate of drug-likeness (QED) is 0.897. The maximum Gasteiger partial charge on any atom is 0.308 e. The Morgan fingerprint density at radius 2 is 1.92 bits per heavy atom. The summed E-state index contributed by atoms with van der Waals surface area (Å²) in [6, 6.07) is 2.06. The van der Waals surface area contributed by atoms with Gasteiger partial charge >= 0.3 is 5.97 Å². The average Bonchev–Trinajstić information content (AvgIpc) is 3.07. The van der Waals surface area contributed by atoms with Crippen LogP contribution in [0.25, 0.3) is 0 Å². The highest BCUT2D eigenvalue weighted by molar-refractivity contribution is 7.10. The molecule has 0 spiro atoms. The molecule has 7 heteroatoms. The van der Waals surface area contributed by atoms with Gasteiger partial charge in [0, 0.05) is 43.9 Å². The summed E-state index contributed by atoms with van der Waals surface area (Å²) in [6.07, 6.45) is 2.59. The zero-order valence-corrected chi connectivity index (χ0v) is 14.4. The van der Waals surface area contributed by atoms with Crippen LogP contribution in [0, 0.1) is 5.92 Å². The molecule has 0 bridgehead atoms. The SMILES string of the molecule is O=C(O)[C@H]1CCCN(C(=O)CCC(=O)N2CCc3sccc3C2)C1. The van der Waals surface area contributed by atoms with E-state index >= 15 is 0 Å². The summed E-state index contributed by atoms with van der Waals surface area (Å²) in [5, 5.41) is 11.1. The van der Waals surface area contributed by atoms with Gasteiger partial charge < -0.3 is 14.9 Å². The third-order valence-electron chi connectivity index (χ3n) is 4.84. The summed E-state index contributed by atoms with van der Waals surface area (Å²) in [5.41, 5.74) is 1.21. The number of hydrogen-bond donors (Lipinski definition) is 1. The molecule has 3 heterocycles. The molecule has 1 fully saturated rings. The molecule has 0 unspecified atom stereocenters. The lowest BCUT2D eigenvalue weighted by Gasteiger charge is -2.31. The number of aliphatic carboxylic acids is 1. The standard InChI is InChI=1S/C17H22N2O4S/c20-15(18-7-1-2-13(11-18)17(22)23)3-4-16(21)19-8-5-14-12(10-19)6-9-24-14/h6,9,13H,1-5,7-8,10-11H2,(H,22,23)/t13-/m0/s1. The molecule has 2 amide bonds. The number of carboxylic acid groups (broad SMARTS) is 1. The van der Waals surface area contributed by atoms with Crippen LogP contribution < -0.4 is 0 Å². The zero-order valence-electron chi connectivity index (χ0n) is 13.6. The first kappa shape index (κ1) is 17.0. The van der Waals surface area contributed by atoms with Crippen molar-refractivity contribution in [1.82, 2.24) is 9.80 Å². The number of nitrogens with zero attached hydrogens (tertiary/aromatic N) is 2. The normalized spacial score (nSPS) is 20.6. The molecule has 0 aliphatic carbocycles. The summed E-state index contributed by atoms with van der Waals surface area (Å²) in [5.74, 6) is -1.42. The van der Waals surface area contributed by atoms with E-state index in [0.717, 1.165) is 6.42 Å². The van der Waals surface area contributed by atoms with Gasteiger partial charge in [0.15, 0.2) is 0 Å². The molecular weight excluding hydrogens is 328 g/mol. The van der Waals surface area contributed by atoms with Crippen molar-refractivity contribution in [3.05, 3.63) is 21.9 Å². The molecule has 24 heavy (non-hydrogen) atoms. The first-order chi connectivity index (χ1) is 11.5. The Labute approximate surface area is 145 Å². The Hall–Kier alpha value is -1.89. The van der Waals surface area contributed by atoms with Crippen LogP contribution in [0.3, 0.4) is 0 Å². The van der Waals surface area contributed by atoms with Crippen molar-refractivity contribution in [2.75, 3.05) is 19.6 Å². The van der Waals surface area contributed by atoms with Crippen molar-refractivity contribution >= 4 is 29.1 Å². The van der Waals surface area contributed by atoms with Crippen LogP contribution in [-0.4, -0.2) is 52.3 Å². The summed E-state index contributed by atoms with van der Waals surface area (Å²) >= 11 is 1.73. The number of hydrogen-bond acceptors (Lipinski definition) is 4. The van der Waals surface area contributed by atoms with Gasteiger partial charge in [0.2, 0.25) is 11.8 Å². The molecule has 2 aliphatic rings. The number of rotatable bonds is 4. The van der Waals surface area contributed by atoms with E-state index in [9.17, 15) is 14.4 Å². The number of carbonyl (C=O) groups excluding carboxylic acids is 2. The molecule has 6 nitrogen and oxygen atoms in total. The van der Waals surface area contributed by atoms with E-state index in [1.807, 2.05) is 4.90 Å². The highest BCUT2D eigenvalue weighted by atomic mass is 32.1. The zero-order chi connectivity index (χ0) is 17.1. The Morgan fingerprint density at radius 3 is 2.67 bits per heavy atom. The van der Waals surface area contributed by atoms with Gasteiger partial charge in [-0.3, -0.25) is 14.4 Å². The minimum absolute atomic E-state index is 0.00648. The van der Waals surface area contributed by atoms with Gasteiger partial charge in [0.25, 0.3) is 0 Å². The molecule has 2 aliphatic heterocycles.